The fraction of sp³-hybridized carbons (Fsp3) is 0.182. The lowest BCUT2D eigenvalue weighted by Gasteiger charge is -1.96. The summed E-state index contributed by atoms with van der Waals surface area (Å²) in [5, 5.41) is 13.4. The molecule has 2 N–H and O–H groups in total. The fourth-order valence-corrected chi connectivity index (χ4v) is 2.26. The zero-order valence-electron chi connectivity index (χ0n) is 9.00. The Balaban J connectivity index is 2.23. The van der Waals surface area contributed by atoms with E-state index in [1.165, 1.54) is 12.1 Å². The molecule has 0 atom stereocenters. The largest absolute Gasteiger partial charge is 0.330 e. The average molecular weight is 249 g/mol. The summed E-state index contributed by atoms with van der Waals surface area (Å²) in [6.07, 6.45) is 0.762. The van der Waals surface area contributed by atoms with Crippen molar-refractivity contribution in [2.45, 2.75) is 6.42 Å². The lowest BCUT2D eigenvalue weighted by Crippen LogP contribution is -2.01. The first-order chi connectivity index (χ1) is 8.20. The van der Waals surface area contributed by atoms with E-state index < -0.39 is 4.92 Å². The molecule has 0 saturated heterocycles. The fourth-order valence-electron chi connectivity index (χ4n) is 1.44. The highest BCUT2D eigenvalue weighted by Crippen LogP contribution is 2.24. The molecule has 0 unspecified atom stereocenters. The first kappa shape index (κ1) is 11.7. The molecule has 88 valence electrons. The van der Waals surface area contributed by atoms with Gasteiger partial charge in [-0.05, 0) is 18.7 Å². The molecule has 1 aromatic heterocycles. The molecule has 2 rings (SSSR count). The SMILES string of the molecule is NCCc1nc(-c2ccc([N+](=O)[O-])cc2)cs1. The third kappa shape index (κ3) is 2.66. The summed E-state index contributed by atoms with van der Waals surface area (Å²) in [6.45, 7) is 0.577. The van der Waals surface area contributed by atoms with Gasteiger partial charge in [-0.1, -0.05) is 0 Å². The minimum absolute atomic E-state index is 0.0890. The smallest absolute Gasteiger partial charge is 0.269 e. The van der Waals surface area contributed by atoms with Gasteiger partial charge in [0.2, 0.25) is 0 Å². The van der Waals surface area contributed by atoms with E-state index in [1.54, 1.807) is 23.5 Å². The van der Waals surface area contributed by atoms with Crippen molar-refractivity contribution >= 4 is 17.0 Å². The average Bonchev–Trinajstić information content (AvgIpc) is 2.78. The molecule has 0 bridgehead atoms. The lowest BCUT2D eigenvalue weighted by atomic mass is 10.1. The topological polar surface area (TPSA) is 82.0 Å². The summed E-state index contributed by atoms with van der Waals surface area (Å²) in [5.74, 6) is 0. The van der Waals surface area contributed by atoms with Crippen molar-refractivity contribution in [3.05, 3.63) is 44.8 Å². The molecular formula is C11H11N3O2S. The van der Waals surface area contributed by atoms with Crippen LogP contribution in [0.5, 0.6) is 0 Å². The van der Waals surface area contributed by atoms with Crippen LogP contribution in [0.1, 0.15) is 5.01 Å². The van der Waals surface area contributed by atoms with E-state index in [2.05, 4.69) is 4.98 Å². The zero-order chi connectivity index (χ0) is 12.3. The monoisotopic (exact) mass is 249 g/mol. The van der Waals surface area contributed by atoms with E-state index in [0.29, 0.717) is 6.54 Å². The number of nitrogens with zero attached hydrogens (tertiary/aromatic N) is 2. The number of benzene rings is 1. The number of thiazole rings is 1. The molecule has 6 heteroatoms. The van der Waals surface area contributed by atoms with Crippen LogP contribution in [-0.2, 0) is 6.42 Å². The van der Waals surface area contributed by atoms with Gasteiger partial charge in [0.05, 0.1) is 15.6 Å². The standard InChI is InChI=1S/C11H11N3O2S/c12-6-5-11-13-10(7-17-11)8-1-3-9(4-2-8)14(15)16/h1-4,7H,5-6,12H2. The van der Waals surface area contributed by atoms with Crippen LogP contribution < -0.4 is 5.73 Å². The number of hydrogen-bond donors (Lipinski definition) is 1. The van der Waals surface area contributed by atoms with Gasteiger partial charge in [0.15, 0.2) is 0 Å². The molecule has 0 saturated carbocycles. The van der Waals surface area contributed by atoms with Gasteiger partial charge in [0.25, 0.3) is 5.69 Å². The minimum atomic E-state index is -0.412. The van der Waals surface area contributed by atoms with Crippen LogP contribution in [0.4, 0.5) is 5.69 Å². The minimum Gasteiger partial charge on any atom is -0.330 e. The molecule has 1 heterocycles. The second-order valence-corrected chi connectivity index (χ2v) is 4.41. The molecule has 0 radical (unpaired) electrons. The Morgan fingerprint density at radius 2 is 2.06 bits per heavy atom. The highest BCUT2D eigenvalue weighted by atomic mass is 32.1. The number of rotatable bonds is 4. The van der Waals surface area contributed by atoms with Gasteiger partial charge in [-0.25, -0.2) is 4.98 Å². The lowest BCUT2D eigenvalue weighted by molar-refractivity contribution is -0.384. The van der Waals surface area contributed by atoms with E-state index in [9.17, 15) is 10.1 Å². The number of aromatic nitrogens is 1. The maximum Gasteiger partial charge on any atom is 0.269 e. The molecule has 5 nitrogen and oxygen atoms in total. The highest BCUT2D eigenvalue weighted by molar-refractivity contribution is 7.09. The van der Waals surface area contributed by atoms with Crippen LogP contribution in [-0.4, -0.2) is 16.5 Å². The van der Waals surface area contributed by atoms with Gasteiger partial charge in [0.1, 0.15) is 0 Å². The van der Waals surface area contributed by atoms with Crippen molar-refractivity contribution in [2.24, 2.45) is 5.73 Å². The van der Waals surface area contributed by atoms with Gasteiger partial charge in [-0.2, -0.15) is 0 Å². The maximum atomic E-state index is 10.5. The van der Waals surface area contributed by atoms with Gasteiger partial charge < -0.3 is 5.73 Å². The van der Waals surface area contributed by atoms with Gasteiger partial charge in [0, 0.05) is 29.5 Å². The Morgan fingerprint density at radius 1 is 1.35 bits per heavy atom. The van der Waals surface area contributed by atoms with Crippen molar-refractivity contribution in [1.82, 2.24) is 4.98 Å². The van der Waals surface area contributed by atoms with E-state index in [0.717, 1.165) is 22.7 Å². The zero-order valence-corrected chi connectivity index (χ0v) is 9.81. The Bertz CT molecular complexity index is 522. The molecule has 0 amide bonds. The molecule has 0 spiro atoms. The predicted molar refractivity (Wildman–Crippen MR) is 67.0 cm³/mol. The van der Waals surface area contributed by atoms with Crippen LogP contribution in [0, 0.1) is 10.1 Å². The van der Waals surface area contributed by atoms with Crippen LogP contribution in [0.25, 0.3) is 11.3 Å². The van der Waals surface area contributed by atoms with Gasteiger partial charge in [-0.15, -0.1) is 11.3 Å². The number of hydrogen-bond acceptors (Lipinski definition) is 5. The Labute approximate surface area is 102 Å². The predicted octanol–water partition coefficient (Wildman–Crippen LogP) is 2.22. The summed E-state index contributed by atoms with van der Waals surface area (Å²) in [4.78, 5) is 14.5. The van der Waals surface area contributed by atoms with E-state index in [1.807, 2.05) is 5.38 Å². The second-order valence-electron chi connectivity index (χ2n) is 3.47. The van der Waals surface area contributed by atoms with Crippen molar-refractivity contribution in [2.75, 3.05) is 6.54 Å². The molecule has 0 fully saturated rings. The van der Waals surface area contributed by atoms with E-state index in [4.69, 9.17) is 5.73 Å². The molecule has 0 aliphatic heterocycles. The molecule has 1 aromatic carbocycles. The van der Waals surface area contributed by atoms with Crippen molar-refractivity contribution < 1.29 is 4.92 Å². The quantitative estimate of drug-likeness (QED) is 0.665. The summed E-state index contributed by atoms with van der Waals surface area (Å²) in [5.41, 5.74) is 7.27. The first-order valence-corrected chi connectivity index (χ1v) is 5.98. The normalized spacial score (nSPS) is 10.4. The van der Waals surface area contributed by atoms with E-state index in [-0.39, 0.29) is 5.69 Å². The maximum absolute atomic E-state index is 10.5. The number of nitro groups is 1. The van der Waals surface area contributed by atoms with Crippen molar-refractivity contribution in [3.63, 3.8) is 0 Å². The molecule has 0 aliphatic carbocycles. The summed E-state index contributed by atoms with van der Waals surface area (Å²) < 4.78 is 0. The molecule has 0 aliphatic rings. The van der Waals surface area contributed by atoms with Crippen molar-refractivity contribution in [3.8, 4) is 11.3 Å². The molecule has 2 aromatic rings. The van der Waals surface area contributed by atoms with Crippen LogP contribution in [0.15, 0.2) is 29.6 Å². The summed E-state index contributed by atoms with van der Waals surface area (Å²) in [6, 6.07) is 6.38. The number of nitro benzene ring substituents is 1. The Hall–Kier alpha value is -1.79. The Morgan fingerprint density at radius 3 is 2.65 bits per heavy atom. The Kier molecular flexibility index (Phi) is 3.46. The summed E-state index contributed by atoms with van der Waals surface area (Å²) >= 11 is 1.55. The van der Waals surface area contributed by atoms with Crippen LogP contribution >= 0.6 is 11.3 Å². The highest BCUT2D eigenvalue weighted by Gasteiger charge is 2.07. The van der Waals surface area contributed by atoms with Gasteiger partial charge >= 0.3 is 0 Å². The van der Waals surface area contributed by atoms with E-state index >= 15 is 0 Å². The number of nitrogens with two attached hydrogens (primary N) is 1. The third-order valence-corrected chi connectivity index (χ3v) is 3.19. The molecule has 17 heavy (non-hydrogen) atoms. The third-order valence-electron chi connectivity index (χ3n) is 2.28. The van der Waals surface area contributed by atoms with Crippen LogP contribution in [0.3, 0.4) is 0 Å². The second kappa shape index (κ2) is 5.03. The molecular weight excluding hydrogens is 238 g/mol. The van der Waals surface area contributed by atoms with Gasteiger partial charge in [-0.3, -0.25) is 10.1 Å². The summed E-state index contributed by atoms with van der Waals surface area (Å²) in [7, 11) is 0. The van der Waals surface area contributed by atoms with Crippen LogP contribution in [0.2, 0.25) is 0 Å². The first-order valence-electron chi connectivity index (χ1n) is 5.10. The number of non-ortho nitro benzene ring substituents is 1. The van der Waals surface area contributed by atoms with Crippen molar-refractivity contribution in [1.29, 1.82) is 0 Å².